The van der Waals surface area contributed by atoms with Crippen LogP contribution in [0.2, 0.25) is 0 Å². The fourth-order valence-electron chi connectivity index (χ4n) is 1.51. The molecule has 0 rings (SSSR count). The molecule has 2 atom stereocenters. The first-order chi connectivity index (χ1) is 7.46. The second-order valence-corrected chi connectivity index (χ2v) is 4.47. The Morgan fingerprint density at radius 1 is 1.38 bits per heavy atom. The Kier molecular flexibility index (Phi) is 7.87. The summed E-state index contributed by atoms with van der Waals surface area (Å²) in [6.45, 7) is 6.60. The van der Waals surface area contributed by atoms with Gasteiger partial charge >= 0.3 is 0 Å². The molecule has 0 bridgehead atoms. The van der Waals surface area contributed by atoms with E-state index >= 15 is 0 Å². The van der Waals surface area contributed by atoms with E-state index < -0.39 is 5.60 Å². The van der Waals surface area contributed by atoms with Gasteiger partial charge in [0, 0.05) is 39.9 Å². The van der Waals surface area contributed by atoms with Gasteiger partial charge in [-0.1, -0.05) is 0 Å². The van der Waals surface area contributed by atoms with E-state index in [1.54, 1.807) is 21.1 Å². The summed E-state index contributed by atoms with van der Waals surface area (Å²) in [5.41, 5.74) is 4.65. The van der Waals surface area contributed by atoms with Gasteiger partial charge in [0.25, 0.3) is 0 Å². The van der Waals surface area contributed by atoms with E-state index in [9.17, 15) is 5.11 Å². The summed E-state index contributed by atoms with van der Waals surface area (Å²) in [5, 5.41) is 9.96. The van der Waals surface area contributed by atoms with Gasteiger partial charge in [0.1, 0.15) is 0 Å². The predicted octanol–water partition coefficient (Wildman–Crippen LogP) is -0.321. The monoisotopic (exact) mass is 234 g/mol. The lowest BCUT2D eigenvalue weighted by Crippen LogP contribution is -2.50. The molecule has 0 spiro atoms. The van der Waals surface area contributed by atoms with Crippen molar-refractivity contribution < 1.29 is 14.6 Å². The van der Waals surface area contributed by atoms with Crippen molar-refractivity contribution in [2.45, 2.75) is 25.5 Å². The van der Waals surface area contributed by atoms with E-state index in [2.05, 4.69) is 11.8 Å². The normalized spacial score (nSPS) is 17.4. The molecule has 0 aromatic rings. The molecule has 5 nitrogen and oxygen atoms in total. The van der Waals surface area contributed by atoms with E-state index in [1.807, 2.05) is 0 Å². The standard InChI is InChI=1S/C11H26N2O3/c1-10(7-16-4)13(5-6-15-3)9-11(2,14)8-12/h10,14H,5-9,12H2,1-4H3. The molecular weight excluding hydrogens is 208 g/mol. The zero-order valence-corrected chi connectivity index (χ0v) is 10.9. The maximum absolute atomic E-state index is 9.96. The van der Waals surface area contributed by atoms with Gasteiger partial charge in [0.05, 0.1) is 18.8 Å². The molecule has 0 aliphatic carbocycles. The Labute approximate surface area is 98.5 Å². The van der Waals surface area contributed by atoms with Crippen LogP contribution >= 0.6 is 0 Å². The maximum atomic E-state index is 9.96. The fraction of sp³-hybridized carbons (Fsp3) is 1.00. The maximum Gasteiger partial charge on any atom is 0.0867 e. The minimum Gasteiger partial charge on any atom is -0.388 e. The van der Waals surface area contributed by atoms with Crippen molar-refractivity contribution in [1.29, 1.82) is 0 Å². The van der Waals surface area contributed by atoms with Crippen molar-refractivity contribution in [2.75, 3.05) is 47.1 Å². The summed E-state index contributed by atoms with van der Waals surface area (Å²) in [5.74, 6) is 0. The third kappa shape index (κ3) is 6.40. The lowest BCUT2D eigenvalue weighted by atomic mass is 10.1. The van der Waals surface area contributed by atoms with Crippen LogP contribution in [0.5, 0.6) is 0 Å². The molecule has 16 heavy (non-hydrogen) atoms. The zero-order chi connectivity index (χ0) is 12.6. The second kappa shape index (κ2) is 7.97. The molecule has 0 saturated heterocycles. The Morgan fingerprint density at radius 3 is 2.44 bits per heavy atom. The van der Waals surface area contributed by atoms with Gasteiger partial charge in [-0.25, -0.2) is 0 Å². The summed E-state index contributed by atoms with van der Waals surface area (Å²) in [7, 11) is 3.34. The minimum absolute atomic E-state index is 0.234. The van der Waals surface area contributed by atoms with Crippen LogP contribution < -0.4 is 5.73 Å². The predicted molar refractivity (Wildman–Crippen MR) is 64.5 cm³/mol. The van der Waals surface area contributed by atoms with E-state index in [0.717, 1.165) is 6.54 Å². The van der Waals surface area contributed by atoms with Gasteiger partial charge in [0.2, 0.25) is 0 Å². The van der Waals surface area contributed by atoms with E-state index in [1.165, 1.54) is 0 Å². The lowest BCUT2D eigenvalue weighted by Gasteiger charge is -2.34. The van der Waals surface area contributed by atoms with Crippen molar-refractivity contribution in [3.63, 3.8) is 0 Å². The highest BCUT2D eigenvalue weighted by atomic mass is 16.5. The molecule has 5 heteroatoms. The molecule has 0 fully saturated rings. The molecule has 0 aliphatic heterocycles. The van der Waals surface area contributed by atoms with E-state index in [-0.39, 0.29) is 12.6 Å². The highest BCUT2D eigenvalue weighted by molar-refractivity contribution is 4.81. The van der Waals surface area contributed by atoms with Crippen molar-refractivity contribution in [3.8, 4) is 0 Å². The van der Waals surface area contributed by atoms with Crippen LogP contribution in [0.4, 0.5) is 0 Å². The summed E-state index contributed by atoms with van der Waals surface area (Å²) >= 11 is 0. The highest BCUT2D eigenvalue weighted by Crippen LogP contribution is 2.08. The van der Waals surface area contributed by atoms with Crippen LogP contribution in [0.15, 0.2) is 0 Å². The topological polar surface area (TPSA) is 68.0 Å². The first-order valence-electron chi connectivity index (χ1n) is 5.61. The van der Waals surface area contributed by atoms with Crippen LogP contribution in [0.25, 0.3) is 0 Å². The van der Waals surface area contributed by atoms with Gasteiger partial charge in [0.15, 0.2) is 0 Å². The number of methoxy groups -OCH3 is 2. The molecule has 0 saturated carbocycles. The van der Waals surface area contributed by atoms with Crippen LogP contribution in [0.1, 0.15) is 13.8 Å². The highest BCUT2D eigenvalue weighted by Gasteiger charge is 2.25. The van der Waals surface area contributed by atoms with Crippen molar-refractivity contribution in [3.05, 3.63) is 0 Å². The largest absolute Gasteiger partial charge is 0.388 e. The molecule has 0 heterocycles. The van der Waals surface area contributed by atoms with Gasteiger partial charge in [-0.05, 0) is 13.8 Å². The smallest absolute Gasteiger partial charge is 0.0867 e. The average molecular weight is 234 g/mol. The summed E-state index contributed by atoms with van der Waals surface area (Å²) in [6, 6.07) is 0.234. The molecule has 0 aromatic heterocycles. The molecule has 0 aromatic carbocycles. The number of ether oxygens (including phenoxy) is 2. The van der Waals surface area contributed by atoms with Gasteiger partial charge in [-0.15, -0.1) is 0 Å². The quantitative estimate of drug-likeness (QED) is 0.572. The van der Waals surface area contributed by atoms with Crippen LogP contribution in [-0.2, 0) is 9.47 Å². The molecule has 0 radical (unpaired) electrons. The lowest BCUT2D eigenvalue weighted by molar-refractivity contribution is -0.00685. The molecular formula is C11H26N2O3. The first kappa shape index (κ1) is 15.8. The third-order valence-corrected chi connectivity index (χ3v) is 2.60. The number of hydrogen-bond acceptors (Lipinski definition) is 5. The number of aliphatic hydroxyl groups is 1. The Balaban J connectivity index is 4.29. The van der Waals surface area contributed by atoms with E-state index in [4.69, 9.17) is 15.2 Å². The average Bonchev–Trinajstić information content (AvgIpc) is 2.24. The number of hydrogen-bond donors (Lipinski definition) is 2. The van der Waals surface area contributed by atoms with Gasteiger partial charge < -0.3 is 20.3 Å². The number of nitrogens with two attached hydrogens (primary N) is 1. The molecule has 98 valence electrons. The molecule has 0 aliphatic rings. The molecule has 2 unspecified atom stereocenters. The third-order valence-electron chi connectivity index (χ3n) is 2.60. The van der Waals surface area contributed by atoms with Crippen LogP contribution in [0, 0.1) is 0 Å². The van der Waals surface area contributed by atoms with E-state index in [0.29, 0.717) is 19.8 Å². The zero-order valence-electron chi connectivity index (χ0n) is 10.9. The minimum atomic E-state index is -0.865. The first-order valence-corrected chi connectivity index (χ1v) is 5.61. The molecule has 0 amide bonds. The van der Waals surface area contributed by atoms with Crippen LogP contribution in [0.3, 0.4) is 0 Å². The van der Waals surface area contributed by atoms with Crippen molar-refractivity contribution in [2.24, 2.45) is 5.73 Å². The Bertz CT molecular complexity index is 177. The Hall–Kier alpha value is -0.200. The number of nitrogens with zero attached hydrogens (tertiary/aromatic N) is 1. The summed E-state index contributed by atoms with van der Waals surface area (Å²) in [4.78, 5) is 2.12. The van der Waals surface area contributed by atoms with Gasteiger partial charge in [-0.2, -0.15) is 0 Å². The second-order valence-electron chi connectivity index (χ2n) is 4.47. The van der Waals surface area contributed by atoms with Crippen molar-refractivity contribution in [1.82, 2.24) is 4.90 Å². The number of rotatable bonds is 9. The van der Waals surface area contributed by atoms with Crippen LogP contribution in [-0.4, -0.2) is 68.7 Å². The van der Waals surface area contributed by atoms with Gasteiger partial charge in [-0.3, -0.25) is 4.90 Å². The SMILES string of the molecule is COCCN(CC(C)(O)CN)C(C)COC. The fourth-order valence-corrected chi connectivity index (χ4v) is 1.51. The van der Waals surface area contributed by atoms with Crippen molar-refractivity contribution >= 4 is 0 Å². The molecule has 3 N–H and O–H groups in total. The summed E-state index contributed by atoms with van der Waals surface area (Å²) < 4.78 is 10.2. The summed E-state index contributed by atoms with van der Waals surface area (Å²) in [6.07, 6.45) is 0. The Morgan fingerprint density at radius 2 is 2.00 bits per heavy atom.